The summed E-state index contributed by atoms with van der Waals surface area (Å²) in [5.41, 5.74) is 5.58. The van der Waals surface area contributed by atoms with Gasteiger partial charge in [-0.1, -0.05) is 0 Å². The van der Waals surface area contributed by atoms with Crippen LogP contribution < -0.4 is 11.1 Å². The molecule has 0 aromatic carbocycles. The standard InChI is InChI=1S/C10H16F2N4O2/c1-17-6-10-15-8(13)4-9(16-10)14-2-3-18-5-7(11)12/h4,7H,2-3,5-6H2,1H3,(H3,13,14,15,16). The molecule has 0 saturated carbocycles. The van der Waals surface area contributed by atoms with Crippen molar-refractivity contribution in [2.45, 2.75) is 13.0 Å². The van der Waals surface area contributed by atoms with E-state index in [1.165, 1.54) is 7.11 Å². The first-order valence-electron chi connectivity index (χ1n) is 5.34. The molecule has 8 heteroatoms. The van der Waals surface area contributed by atoms with Crippen molar-refractivity contribution >= 4 is 11.6 Å². The normalized spacial score (nSPS) is 10.9. The SMILES string of the molecule is COCc1nc(N)cc(NCCOCC(F)F)n1. The first kappa shape index (κ1) is 14.5. The minimum absolute atomic E-state index is 0.161. The lowest BCUT2D eigenvalue weighted by Crippen LogP contribution is -2.14. The lowest BCUT2D eigenvalue weighted by molar-refractivity contribution is 0.0215. The molecule has 0 saturated heterocycles. The van der Waals surface area contributed by atoms with Gasteiger partial charge in [0, 0.05) is 19.7 Å². The topological polar surface area (TPSA) is 82.3 Å². The lowest BCUT2D eigenvalue weighted by atomic mass is 10.5. The first-order valence-corrected chi connectivity index (χ1v) is 5.34. The number of nitrogen functional groups attached to an aromatic ring is 1. The second-order valence-electron chi connectivity index (χ2n) is 3.42. The van der Waals surface area contributed by atoms with Crippen molar-refractivity contribution in [2.24, 2.45) is 0 Å². The van der Waals surface area contributed by atoms with E-state index < -0.39 is 13.0 Å². The maximum Gasteiger partial charge on any atom is 0.261 e. The average Bonchev–Trinajstić information content (AvgIpc) is 2.28. The van der Waals surface area contributed by atoms with Crippen molar-refractivity contribution in [3.8, 4) is 0 Å². The number of nitrogens with zero attached hydrogens (tertiary/aromatic N) is 2. The van der Waals surface area contributed by atoms with Crippen molar-refractivity contribution in [3.05, 3.63) is 11.9 Å². The Kier molecular flexibility index (Phi) is 6.23. The van der Waals surface area contributed by atoms with Gasteiger partial charge in [-0.15, -0.1) is 0 Å². The molecule has 0 unspecified atom stereocenters. The predicted octanol–water partition coefficient (Wildman–Crippen LogP) is 0.899. The van der Waals surface area contributed by atoms with Gasteiger partial charge in [-0.25, -0.2) is 18.7 Å². The minimum Gasteiger partial charge on any atom is -0.384 e. The van der Waals surface area contributed by atoms with E-state index in [2.05, 4.69) is 15.3 Å². The molecule has 0 aliphatic rings. The van der Waals surface area contributed by atoms with Crippen molar-refractivity contribution in [2.75, 3.05) is 37.9 Å². The zero-order valence-corrected chi connectivity index (χ0v) is 10.0. The number of nitrogens with two attached hydrogens (primary N) is 1. The van der Waals surface area contributed by atoms with Crippen LogP contribution >= 0.6 is 0 Å². The maximum absolute atomic E-state index is 11.8. The minimum atomic E-state index is -2.45. The molecule has 0 aliphatic heterocycles. The highest BCUT2D eigenvalue weighted by atomic mass is 19.3. The van der Waals surface area contributed by atoms with Crippen LogP contribution in [0.3, 0.4) is 0 Å². The van der Waals surface area contributed by atoms with E-state index in [-0.39, 0.29) is 13.2 Å². The highest BCUT2D eigenvalue weighted by Crippen LogP contribution is 2.08. The Balaban J connectivity index is 2.37. The fourth-order valence-corrected chi connectivity index (χ4v) is 1.23. The smallest absolute Gasteiger partial charge is 0.261 e. The lowest BCUT2D eigenvalue weighted by Gasteiger charge is -2.08. The molecule has 1 aromatic heterocycles. The maximum atomic E-state index is 11.8. The van der Waals surface area contributed by atoms with Gasteiger partial charge in [0.15, 0.2) is 5.82 Å². The summed E-state index contributed by atoms with van der Waals surface area (Å²) in [6, 6.07) is 1.55. The third-order valence-corrected chi connectivity index (χ3v) is 1.86. The summed E-state index contributed by atoms with van der Waals surface area (Å²) in [7, 11) is 1.53. The fourth-order valence-electron chi connectivity index (χ4n) is 1.23. The molecule has 1 heterocycles. The molecule has 102 valence electrons. The number of anilines is 2. The second-order valence-corrected chi connectivity index (χ2v) is 3.42. The fraction of sp³-hybridized carbons (Fsp3) is 0.600. The molecule has 0 fully saturated rings. The van der Waals surface area contributed by atoms with E-state index in [0.717, 1.165) is 0 Å². The number of alkyl halides is 2. The van der Waals surface area contributed by atoms with Gasteiger partial charge in [0.05, 0.1) is 6.61 Å². The summed E-state index contributed by atoms with van der Waals surface area (Å²) in [4.78, 5) is 8.09. The van der Waals surface area contributed by atoms with Crippen LogP contribution in [-0.4, -0.2) is 43.3 Å². The molecule has 0 atom stereocenters. The van der Waals surface area contributed by atoms with Crippen LogP contribution in [0.5, 0.6) is 0 Å². The summed E-state index contributed by atoms with van der Waals surface area (Å²) in [6.07, 6.45) is -2.45. The van der Waals surface area contributed by atoms with Crippen LogP contribution in [0, 0.1) is 0 Å². The van der Waals surface area contributed by atoms with Crippen LogP contribution in [0.15, 0.2) is 6.07 Å². The average molecular weight is 262 g/mol. The van der Waals surface area contributed by atoms with Gasteiger partial charge in [-0.2, -0.15) is 0 Å². The number of rotatable bonds is 8. The molecule has 3 N–H and O–H groups in total. The molecule has 1 aromatic rings. The molecule has 18 heavy (non-hydrogen) atoms. The van der Waals surface area contributed by atoms with Gasteiger partial charge in [-0.05, 0) is 0 Å². The first-order chi connectivity index (χ1) is 8.61. The van der Waals surface area contributed by atoms with Crippen molar-refractivity contribution < 1.29 is 18.3 Å². The number of methoxy groups -OCH3 is 1. The predicted molar refractivity (Wildman–Crippen MR) is 62.5 cm³/mol. The Labute approximate surface area is 104 Å². The molecule has 0 bridgehead atoms. The molecule has 0 spiro atoms. The van der Waals surface area contributed by atoms with E-state index in [1.807, 2.05) is 0 Å². The summed E-state index contributed by atoms with van der Waals surface area (Å²) in [6.45, 7) is 0.202. The Hall–Kier alpha value is -1.54. The van der Waals surface area contributed by atoms with E-state index in [4.69, 9.17) is 15.2 Å². The van der Waals surface area contributed by atoms with Gasteiger partial charge in [0.1, 0.15) is 24.8 Å². The quantitative estimate of drug-likeness (QED) is 0.677. The van der Waals surface area contributed by atoms with Crippen molar-refractivity contribution in [3.63, 3.8) is 0 Å². The summed E-state index contributed by atoms with van der Waals surface area (Å²) in [5, 5.41) is 2.90. The summed E-state index contributed by atoms with van der Waals surface area (Å²) in [5.74, 6) is 1.27. The number of hydrogen-bond donors (Lipinski definition) is 2. The van der Waals surface area contributed by atoms with Crippen LogP contribution in [0.25, 0.3) is 0 Å². The van der Waals surface area contributed by atoms with E-state index in [9.17, 15) is 8.78 Å². The second kappa shape index (κ2) is 7.72. The van der Waals surface area contributed by atoms with Crippen LogP contribution in [0.2, 0.25) is 0 Å². The number of ether oxygens (including phenoxy) is 2. The highest BCUT2D eigenvalue weighted by Gasteiger charge is 2.03. The zero-order chi connectivity index (χ0) is 13.4. The van der Waals surface area contributed by atoms with E-state index in [0.29, 0.717) is 24.0 Å². The summed E-state index contributed by atoms with van der Waals surface area (Å²) < 4.78 is 33.2. The Morgan fingerprint density at radius 2 is 2.22 bits per heavy atom. The van der Waals surface area contributed by atoms with Crippen LogP contribution in [-0.2, 0) is 16.1 Å². The third kappa shape index (κ3) is 5.69. The van der Waals surface area contributed by atoms with Crippen LogP contribution in [0.4, 0.5) is 20.4 Å². The molecule has 6 nitrogen and oxygen atoms in total. The highest BCUT2D eigenvalue weighted by molar-refractivity contribution is 5.44. The van der Waals surface area contributed by atoms with Gasteiger partial charge in [0.25, 0.3) is 6.43 Å². The summed E-state index contributed by atoms with van der Waals surface area (Å²) >= 11 is 0. The number of aromatic nitrogens is 2. The number of nitrogens with one attached hydrogen (secondary N) is 1. The van der Waals surface area contributed by atoms with E-state index in [1.54, 1.807) is 6.07 Å². The Morgan fingerprint density at radius 3 is 2.89 bits per heavy atom. The van der Waals surface area contributed by atoms with Gasteiger partial charge in [-0.3, -0.25) is 0 Å². The van der Waals surface area contributed by atoms with Gasteiger partial charge >= 0.3 is 0 Å². The molecule has 0 radical (unpaired) electrons. The van der Waals surface area contributed by atoms with E-state index >= 15 is 0 Å². The monoisotopic (exact) mass is 262 g/mol. The molecular weight excluding hydrogens is 246 g/mol. The van der Waals surface area contributed by atoms with Gasteiger partial charge in [0.2, 0.25) is 0 Å². The van der Waals surface area contributed by atoms with Crippen molar-refractivity contribution in [1.29, 1.82) is 0 Å². The van der Waals surface area contributed by atoms with Crippen LogP contribution in [0.1, 0.15) is 5.82 Å². The molecule has 0 aliphatic carbocycles. The Morgan fingerprint density at radius 1 is 1.44 bits per heavy atom. The zero-order valence-electron chi connectivity index (χ0n) is 10.0. The molecule has 1 rings (SSSR count). The van der Waals surface area contributed by atoms with Gasteiger partial charge < -0.3 is 20.5 Å². The number of halogens is 2. The Bertz CT molecular complexity index is 366. The molecule has 0 amide bonds. The largest absolute Gasteiger partial charge is 0.384 e. The molecular formula is C10H16F2N4O2. The van der Waals surface area contributed by atoms with Crippen molar-refractivity contribution in [1.82, 2.24) is 9.97 Å². The third-order valence-electron chi connectivity index (χ3n) is 1.86. The number of hydrogen-bond acceptors (Lipinski definition) is 6.